The summed E-state index contributed by atoms with van der Waals surface area (Å²) in [5.41, 5.74) is 3.12. The summed E-state index contributed by atoms with van der Waals surface area (Å²) in [6.07, 6.45) is -0.414. The molecule has 4 rings (SSSR count). The molecule has 0 unspecified atom stereocenters. The maximum absolute atomic E-state index is 10.4. The lowest BCUT2D eigenvalue weighted by atomic mass is 10.1. The van der Waals surface area contributed by atoms with Gasteiger partial charge in [0.25, 0.3) is 0 Å². The molecule has 1 aliphatic heterocycles. The number of H-pyrrole nitrogens is 1. The molecular weight excluding hydrogens is 312 g/mol. The molecule has 0 aliphatic carbocycles. The molecule has 130 valence electrons. The zero-order valence-electron chi connectivity index (χ0n) is 14.3. The van der Waals surface area contributed by atoms with E-state index < -0.39 is 6.10 Å². The molecule has 0 spiro atoms. The van der Waals surface area contributed by atoms with E-state index >= 15 is 0 Å². The first-order valence-electron chi connectivity index (χ1n) is 8.89. The molecule has 2 heterocycles. The predicted octanol–water partition coefficient (Wildman–Crippen LogP) is 2.41. The van der Waals surface area contributed by atoms with Crippen LogP contribution in [0.3, 0.4) is 0 Å². The first kappa shape index (κ1) is 16.3. The van der Waals surface area contributed by atoms with Crippen LogP contribution in [0.4, 0.5) is 0 Å². The average molecular weight is 336 g/mol. The SMILES string of the molecule is O[C@@H](CN1CCN(Cc2nc3ccccc3[nH]2)CC1)c1ccccc1. The van der Waals surface area contributed by atoms with Crippen LogP contribution in [0.2, 0.25) is 0 Å². The Hall–Kier alpha value is -2.21. The molecule has 1 saturated heterocycles. The highest BCUT2D eigenvalue weighted by Crippen LogP contribution is 2.16. The Kier molecular flexibility index (Phi) is 4.78. The van der Waals surface area contributed by atoms with Crippen LogP contribution in [0.15, 0.2) is 54.6 Å². The van der Waals surface area contributed by atoms with Gasteiger partial charge in [0, 0.05) is 32.7 Å². The fourth-order valence-electron chi connectivity index (χ4n) is 3.45. The third kappa shape index (κ3) is 3.90. The Bertz CT molecular complexity index is 776. The zero-order chi connectivity index (χ0) is 17.1. The predicted molar refractivity (Wildman–Crippen MR) is 99.2 cm³/mol. The monoisotopic (exact) mass is 336 g/mol. The van der Waals surface area contributed by atoms with Gasteiger partial charge in [-0.15, -0.1) is 0 Å². The second-order valence-corrected chi connectivity index (χ2v) is 6.70. The minimum atomic E-state index is -0.414. The Morgan fingerprint density at radius 1 is 0.920 bits per heavy atom. The summed E-state index contributed by atoms with van der Waals surface area (Å²) >= 11 is 0. The maximum Gasteiger partial charge on any atom is 0.121 e. The number of piperazine rings is 1. The van der Waals surface area contributed by atoms with E-state index in [0.29, 0.717) is 6.54 Å². The van der Waals surface area contributed by atoms with Crippen molar-refractivity contribution in [2.45, 2.75) is 12.6 Å². The molecule has 0 radical (unpaired) electrons. The lowest BCUT2D eigenvalue weighted by molar-refractivity contribution is 0.0693. The summed E-state index contributed by atoms with van der Waals surface area (Å²) in [6, 6.07) is 18.1. The molecule has 3 aromatic rings. The van der Waals surface area contributed by atoms with Crippen LogP contribution in [0.5, 0.6) is 0 Å². The van der Waals surface area contributed by atoms with E-state index in [-0.39, 0.29) is 0 Å². The van der Waals surface area contributed by atoms with Crippen LogP contribution in [0.25, 0.3) is 11.0 Å². The molecule has 2 aromatic carbocycles. The van der Waals surface area contributed by atoms with Gasteiger partial charge in [0.15, 0.2) is 0 Å². The van der Waals surface area contributed by atoms with Gasteiger partial charge in [-0.2, -0.15) is 0 Å². The number of nitrogens with one attached hydrogen (secondary N) is 1. The van der Waals surface area contributed by atoms with Gasteiger partial charge in [0.2, 0.25) is 0 Å². The van der Waals surface area contributed by atoms with E-state index in [0.717, 1.165) is 55.1 Å². The zero-order valence-corrected chi connectivity index (χ0v) is 14.3. The summed E-state index contributed by atoms with van der Waals surface area (Å²) in [4.78, 5) is 12.8. The Morgan fingerprint density at radius 2 is 1.60 bits per heavy atom. The minimum absolute atomic E-state index is 0.414. The van der Waals surface area contributed by atoms with Crippen LogP contribution >= 0.6 is 0 Å². The van der Waals surface area contributed by atoms with Crippen molar-refractivity contribution >= 4 is 11.0 Å². The van der Waals surface area contributed by atoms with Crippen LogP contribution in [0.1, 0.15) is 17.5 Å². The third-order valence-electron chi connectivity index (χ3n) is 4.89. The number of hydrogen-bond donors (Lipinski definition) is 2. The average Bonchev–Trinajstić information content (AvgIpc) is 3.06. The Balaban J connectivity index is 1.29. The molecule has 25 heavy (non-hydrogen) atoms. The molecule has 1 atom stereocenters. The number of aliphatic hydroxyl groups is 1. The molecule has 5 nitrogen and oxygen atoms in total. The van der Waals surface area contributed by atoms with Crippen molar-refractivity contribution in [2.75, 3.05) is 32.7 Å². The molecule has 1 fully saturated rings. The second-order valence-electron chi connectivity index (χ2n) is 6.70. The highest BCUT2D eigenvalue weighted by atomic mass is 16.3. The summed E-state index contributed by atoms with van der Waals surface area (Å²) in [5.74, 6) is 1.03. The van der Waals surface area contributed by atoms with Gasteiger partial charge >= 0.3 is 0 Å². The van der Waals surface area contributed by atoms with Crippen LogP contribution < -0.4 is 0 Å². The number of benzene rings is 2. The molecule has 2 N–H and O–H groups in total. The number of aromatic amines is 1. The second kappa shape index (κ2) is 7.35. The lowest BCUT2D eigenvalue weighted by Crippen LogP contribution is -2.47. The van der Waals surface area contributed by atoms with Crippen molar-refractivity contribution in [2.24, 2.45) is 0 Å². The van der Waals surface area contributed by atoms with Gasteiger partial charge in [-0.25, -0.2) is 4.98 Å². The van der Waals surface area contributed by atoms with Gasteiger partial charge in [-0.05, 0) is 17.7 Å². The van der Waals surface area contributed by atoms with E-state index in [1.807, 2.05) is 48.5 Å². The van der Waals surface area contributed by atoms with Crippen molar-refractivity contribution in [3.63, 3.8) is 0 Å². The smallest absolute Gasteiger partial charge is 0.121 e. The normalized spacial score (nSPS) is 17.8. The van der Waals surface area contributed by atoms with E-state index in [2.05, 4.69) is 25.8 Å². The third-order valence-corrected chi connectivity index (χ3v) is 4.89. The fourth-order valence-corrected chi connectivity index (χ4v) is 3.45. The highest BCUT2D eigenvalue weighted by Gasteiger charge is 2.20. The topological polar surface area (TPSA) is 55.4 Å². The van der Waals surface area contributed by atoms with Gasteiger partial charge in [0.05, 0.1) is 23.7 Å². The lowest BCUT2D eigenvalue weighted by Gasteiger charge is -2.35. The number of fused-ring (bicyclic) bond motifs is 1. The highest BCUT2D eigenvalue weighted by molar-refractivity contribution is 5.74. The molecular formula is C20H24N4O. The largest absolute Gasteiger partial charge is 0.387 e. The van der Waals surface area contributed by atoms with E-state index in [4.69, 9.17) is 0 Å². The van der Waals surface area contributed by atoms with Crippen molar-refractivity contribution in [1.82, 2.24) is 19.8 Å². The van der Waals surface area contributed by atoms with E-state index in [1.54, 1.807) is 0 Å². The maximum atomic E-state index is 10.4. The number of aromatic nitrogens is 2. The van der Waals surface area contributed by atoms with Gasteiger partial charge in [0.1, 0.15) is 5.82 Å². The summed E-state index contributed by atoms with van der Waals surface area (Å²) < 4.78 is 0. The summed E-state index contributed by atoms with van der Waals surface area (Å²) in [5, 5.41) is 10.4. The number of aliphatic hydroxyl groups excluding tert-OH is 1. The quantitative estimate of drug-likeness (QED) is 0.751. The van der Waals surface area contributed by atoms with Gasteiger partial charge < -0.3 is 10.1 Å². The van der Waals surface area contributed by atoms with Crippen LogP contribution in [0, 0.1) is 0 Å². The van der Waals surface area contributed by atoms with Crippen LogP contribution in [-0.4, -0.2) is 57.6 Å². The number of para-hydroxylation sites is 2. The Morgan fingerprint density at radius 3 is 2.36 bits per heavy atom. The fraction of sp³-hybridized carbons (Fsp3) is 0.350. The first-order chi connectivity index (χ1) is 12.3. The van der Waals surface area contributed by atoms with Crippen molar-refractivity contribution in [1.29, 1.82) is 0 Å². The Labute approximate surface area is 147 Å². The first-order valence-corrected chi connectivity index (χ1v) is 8.89. The summed E-state index contributed by atoms with van der Waals surface area (Å²) in [7, 11) is 0. The number of hydrogen-bond acceptors (Lipinski definition) is 4. The standard InChI is InChI=1S/C20H24N4O/c25-19(16-6-2-1-3-7-16)14-23-10-12-24(13-11-23)15-20-21-17-8-4-5-9-18(17)22-20/h1-9,19,25H,10-15H2,(H,21,22)/t19-/m0/s1. The van der Waals surface area contributed by atoms with Crippen molar-refractivity contribution < 1.29 is 5.11 Å². The number of rotatable bonds is 5. The minimum Gasteiger partial charge on any atom is -0.387 e. The van der Waals surface area contributed by atoms with E-state index in [1.165, 1.54) is 0 Å². The molecule has 0 bridgehead atoms. The van der Waals surface area contributed by atoms with Gasteiger partial charge in [-0.3, -0.25) is 9.80 Å². The number of imidazole rings is 1. The van der Waals surface area contributed by atoms with Crippen molar-refractivity contribution in [3.05, 3.63) is 66.0 Å². The molecule has 1 aromatic heterocycles. The molecule has 0 amide bonds. The van der Waals surface area contributed by atoms with Crippen LogP contribution in [-0.2, 0) is 6.54 Å². The molecule has 0 saturated carbocycles. The number of β-amino-alcohol motifs (C(OH)–C–C–N with tert-alkyl or cyclic N) is 1. The van der Waals surface area contributed by atoms with Crippen molar-refractivity contribution in [3.8, 4) is 0 Å². The summed E-state index contributed by atoms with van der Waals surface area (Å²) in [6.45, 7) is 5.50. The van der Waals surface area contributed by atoms with Gasteiger partial charge in [-0.1, -0.05) is 42.5 Å². The van der Waals surface area contributed by atoms with E-state index in [9.17, 15) is 5.11 Å². The number of nitrogens with zero attached hydrogens (tertiary/aromatic N) is 3. The molecule has 1 aliphatic rings. The molecule has 5 heteroatoms.